The molecule has 25 heavy (non-hydrogen) atoms. The summed E-state index contributed by atoms with van der Waals surface area (Å²) in [6.07, 6.45) is 6.86. The molecular weight excluding hydrogens is 310 g/mol. The second kappa shape index (κ2) is 9.87. The summed E-state index contributed by atoms with van der Waals surface area (Å²) in [5, 5.41) is 0. The fraction of sp³-hybridized carbons (Fsp3) is 0.409. The lowest BCUT2D eigenvalue weighted by molar-refractivity contribution is 0.0996. The first-order valence-corrected chi connectivity index (χ1v) is 9.31. The first-order chi connectivity index (χ1) is 12.2. The Kier molecular flexibility index (Phi) is 7.52. The predicted molar refractivity (Wildman–Crippen MR) is 104 cm³/mol. The highest BCUT2D eigenvalue weighted by atomic mass is 16.5. The molecule has 3 nitrogen and oxygen atoms in total. The summed E-state index contributed by atoms with van der Waals surface area (Å²) >= 11 is 0. The molecule has 0 radical (unpaired) electrons. The summed E-state index contributed by atoms with van der Waals surface area (Å²) in [4.78, 5) is 11.8. The van der Waals surface area contributed by atoms with Crippen molar-refractivity contribution in [1.82, 2.24) is 0 Å². The number of hydrogen-bond donors (Lipinski definition) is 1. The van der Waals surface area contributed by atoms with Crippen molar-refractivity contribution in [2.45, 2.75) is 52.4 Å². The van der Waals surface area contributed by atoms with Crippen LogP contribution in [-0.4, -0.2) is 12.5 Å². The fourth-order valence-corrected chi connectivity index (χ4v) is 2.80. The topological polar surface area (TPSA) is 52.3 Å². The quantitative estimate of drug-likeness (QED) is 0.592. The van der Waals surface area contributed by atoms with E-state index < -0.39 is 5.91 Å². The highest BCUT2D eigenvalue weighted by molar-refractivity contribution is 5.97. The smallest absolute Gasteiger partial charge is 0.252 e. The monoisotopic (exact) mass is 339 g/mol. The summed E-state index contributed by atoms with van der Waals surface area (Å²) in [5.74, 6) is 0.116. The number of nitrogens with two attached hydrogens (primary N) is 1. The summed E-state index contributed by atoms with van der Waals surface area (Å²) in [6, 6.07) is 14.2. The molecule has 2 N–H and O–H groups in total. The van der Waals surface area contributed by atoms with Crippen LogP contribution in [0.1, 0.15) is 61.9 Å². The number of hydrogen-bond acceptors (Lipinski definition) is 2. The van der Waals surface area contributed by atoms with Gasteiger partial charge in [0.1, 0.15) is 5.75 Å². The minimum Gasteiger partial charge on any atom is -0.493 e. The third-order valence-corrected chi connectivity index (χ3v) is 4.36. The van der Waals surface area contributed by atoms with E-state index in [1.54, 1.807) is 0 Å². The van der Waals surface area contributed by atoms with Crippen molar-refractivity contribution in [2.24, 2.45) is 5.73 Å². The maximum atomic E-state index is 11.8. The largest absolute Gasteiger partial charge is 0.493 e. The van der Waals surface area contributed by atoms with E-state index in [2.05, 4.69) is 38.1 Å². The standard InChI is InChI=1S/C22H29NO2/c1-3-5-7-8-17-9-11-18(12-10-17)19-13-14-21(25-15-6-4-2)20(16-19)22(23)24/h9-14,16H,3-8,15H2,1-2H3,(H2,23,24). The second-order valence-electron chi connectivity index (χ2n) is 6.43. The average molecular weight is 339 g/mol. The number of benzene rings is 2. The molecule has 134 valence electrons. The number of carbonyl (C=O) groups is 1. The van der Waals surface area contributed by atoms with Gasteiger partial charge in [-0.3, -0.25) is 4.79 Å². The summed E-state index contributed by atoms with van der Waals surface area (Å²) in [7, 11) is 0. The summed E-state index contributed by atoms with van der Waals surface area (Å²) in [5.41, 5.74) is 9.41. The Morgan fingerprint density at radius 2 is 1.60 bits per heavy atom. The molecule has 0 aromatic heterocycles. The number of primary amides is 1. The van der Waals surface area contributed by atoms with Gasteiger partial charge in [-0.1, -0.05) is 63.4 Å². The van der Waals surface area contributed by atoms with Gasteiger partial charge in [0.25, 0.3) is 5.91 Å². The van der Waals surface area contributed by atoms with Crippen molar-refractivity contribution in [3.05, 3.63) is 53.6 Å². The zero-order valence-corrected chi connectivity index (χ0v) is 15.4. The van der Waals surface area contributed by atoms with E-state index in [-0.39, 0.29) is 0 Å². The SMILES string of the molecule is CCCCCc1ccc(-c2ccc(OCCCC)c(C(N)=O)c2)cc1. The molecule has 2 rings (SSSR count). The van der Waals surface area contributed by atoms with Gasteiger partial charge in [-0.15, -0.1) is 0 Å². The number of aryl methyl sites for hydroxylation is 1. The first-order valence-electron chi connectivity index (χ1n) is 9.31. The molecule has 0 aliphatic heterocycles. The Bertz CT molecular complexity index is 677. The molecule has 3 heteroatoms. The molecule has 0 bridgehead atoms. The molecule has 0 saturated heterocycles. The summed E-state index contributed by atoms with van der Waals surface area (Å²) < 4.78 is 5.70. The maximum Gasteiger partial charge on any atom is 0.252 e. The minimum absolute atomic E-state index is 0.445. The van der Waals surface area contributed by atoms with Crippen LogP contribution in [-0.2, 0) is 6.42 Å². The van der Waals surface area contributed by atoms with Gasteiger partial charge in [-0.2, -0.15) is 0 Å². The molecule has 0 spiro atoms. The molecule has 0 aliphatic rings. The van der Waals surface area contributed by atoms with E-state index in [0.717, 1.165) is 30.4 Å². The molecule has 2 aromatic rings. The molecule has 0 unspecified atom stereocenters. The lowest BCUT2D eigenvalue weighted by Crippen LogP contribution is -2.13. The van der Waals surface area contributed by atoms with Gasteiger partial charge >= 0.3 is 0 Å². The average Bonchev–Trinajstić information content (AvgIpc) is 2.63. The maximum absolute atomic E-state index is 11.8. The first kappa shape index (κ1) is 19.0. The van der Waals surface area contributed by atoms with Crippen LogP contribution in [0.4, 0.5) is 0 Å². The fourth-order valence-electron chi connectivity index (χ4n) is 2.80. The van der Waals surface area contributed by atoms with Crippen LogP contribution >= 0.6 is 0 Å². The van der Waals surface area contributed by atoms with Crippen LogP contribution in [0.25, 0.3) is 11.1 Å². The highest BCUT2D eigenvalue weighted by Crippen LogP contribution is 2.27. The molecule has 0 aliphatic carbocycles. The van der Waals surface area contributed by atoms with Gasteiger partial charge in [0, 0.05) is 0 Å². The van der Waals surface area contributed by atoms with Gasteiger partial charge in [0.05, 0.1) is 12.2 Å². The third kappa shape index (κ3) is 5.63. The Labute approximate surface area is 151 Å². The number of carbonyl (C=O) groups excluding carboxylic acids is 1. The molecule has 1 amide bonds. The molecule has 0 fully saturated rings. The molecular formula is C22H29NO2. The van der Waals surface area contributed by atoms with E-state index in [4.69, 9.17) is 10.5 Å². The van der Waals surface area contributed by atoms with Gasteiger partial charge in [0.15, 0.2) is 0 Å². The molecule has 2 aromatic carbocycles. The van der Waals surface area contributed by atoms with Crippen LogP contribution < -0.4 is 10.5 Å². The van der Waals surface area contributed by atoms with Crippen LogP contribution in [0.15, 0.2) is 42.5 Å². The zero-order valence-electron chi connectivity index (χ0n) is 15.4. The van der Waals surface area contributed by atoms with E-state index in [1.165, 1.54) is 24.8 Å². The van der Waals surface area contributed by atoms with Crippen LogP contribution in [0.2, 0.25) is 0 Å². The lowest BCUT2D eigenvalue weighted by Gasteiger charge is -2.11. The minimum atomic E-state index is -0.454. The third-order valence-electron chi connectivity index (χ3n) is 4.36. The van der Waals surface area contributed by atoms with E-state index >= 15 is 0 Å². The van der Waals surface area contributed by atoms with Gasteiger partial charge in [-0.05, 0) is 48.1 Å². The Balaban J connectivity index is 2.15. The molecule has 0 saturated carbocycles. The number of rotatable bonds is 10. The van der Waals surface area contributed by atoms with E-state index in [1.807, 2.05) is 18.2 Å². The van der Waals surface area contributed by atoms with Gasteiger partial charge in [0.2, 0.25) is 0 Å². The van der Waals surface area contributed by atoms with Crippen molar-refractivity contribution in [3.8, 4) is 16.9 Å². The molecule has 0 atom stereocenters. The zero-order chi connectivity index (χ0) is 18.1. The van der Waals surface area contributed by atoms with Crippen LogP contribution in [0.3, 0.4) is 0 Å². The highest BCUT2D eigenvalue weighted by Gasteiger charge is 2.11. The predicted octanol–water partition coefficient (Wildman–Crippen LogP) is 5.36. The van der Waals surface area contributed by atoms with Crippen LogP contribution in [0, 0.1) is 0 Å². The van der Waals surface area contributed by atoms with E-state index in [0.29, 0.717) is 17.9 Å². The van der Waals surface area contributed by atoms with Crippen LogP contribution in [0.5, 0.6) is 5.75 Å². The van der Waals surface area contributed by atoms with Gasteiger partial charge < -0.3 is 10.5 Å². The number of amides is 1. The van der Waals surface area contributed by atoms with Crippen molar-refractivity contribution >= 4 is 5.91 Å². The number of unbranched alkanes of at least 4 members (excludes halogenated alkanes) is 3. The van der Waals surface area contributed by atoms with Crippen molar-refractivity contribution in [2.75, 3.05) is 6.61 Å². The number of ether oxygens (including phenoxy) is 1. The second-order valence-corrected chi connectivity index (χ2v) is 6.43. The Morgan fingerprint density at radius 3 is 2.24 bits per heavy atom. The molecule has 0 heterocycles. The Hall–Kier alpha value is -2.29. The van der Waals surface area contributed by atoms with Gasteiger partial charge in [-0.25, -0.2) is 0 Å². The summed E-state index contributed by atoms with van der Waals surface area (Å²) in [6.45, 7) is 4.92. The van der Waals surface area contributed by atoms with Crippen molar-refractivity contribution in [1.29, 1.82) is 0 Å². The van der Waals surface area contributed by atoms with Crippen molar-refractivity contribution < 1.29 is 9.53 Å². The Morgan fingerprint density at radius 1 is 0.920 bits per heavy atom. The van der Waals surface area contributed by atoms with Crippen molar-refractivity contribution in [3.63, 3.8) is 0 Å². The normalized spacial score (nSPS) is 10.6. The van der Waals surface area contributed by atoms with E-state index in [9.17, 15) is 4.79 Å². The lowest BCUT2D eigenvalue weighted by atomic mass is 9.99.